The lowest BCUT2D eigenvalue weighted by Crippen LogP contribution is -2.30. The highest BCUT2D eigenvalue weighted by Crippen LogP contribution is 2.11. The largest absolute Gasteiger partial charge is 0.325 e. The summed E-state index contributed by atoms with van der Waals surface area (Å²) in [4.78, 5) is 15.7. The molecule has 5 heteroatoms. The molecule has 1 aromatic carbocycles. The number of halogens is 1. The summed E-state index contributed by atoms with van der Waals surface area (Å²) in [6.07, 6.45) is 3.42. The Hall–Kier alpha value is -2.27. The number of nitrogens with zero attached hydrogens (tertiary/aromatic N) is 1. The fourth-order valence-electron chi connectivity index (χ4n) is 1.79. The molecule has 0 fully saturated rings. The molecule has 1 atom stereocenters. The zero-order chi connectivity index (χ0) is 14.4. The van der Waals surface area contributed by atoms with Gasteiger partial charge >= 0.3 is 0 Å². The summed E-state index contributed by atoms with van der Waals surface area (Å²) in [7, 11) is 0. The SMILES string of the molecule is CC(NCC(=O)Nc1cccc(F)c1)c1ccncc1. The number of carbonyl (C=O) groups excluding carboxylic acids is 1. The van der Waals surface area contributed by atoms with E-state index >= 15 is 0 Å². The quantitative estimate of drug-likeness (QED) is 0.880. The van der Waals surface area contributed by atoms with Crippen molar-refractivity contribution >= 4 is 11.6 Å². The van der Waals surface area contributed by atoms with E-state index < -0.39 is 0 Å². The van der Waals surface area contributed by atoms with Crippen LogP contribution in [-0.2, 0) is 4.79 Å². The number of hydrogen-bond donors (Lipinski definition) is 2. The topological polar surface area (TPSA) is 54.0 Å². The van der Waals surface area contributed by atoms with Crippen molar-refractivity contribution in [3.63, 3.8) is 0 Å². The summed E-state index contributed by atoms with van der Waals surface area (Å²) in [5.74, 6) is -0.586. The number of hydrogen-bond acceptors (Lipinski definition) is 3. The molecule has 0 saturated heterocycles. The van der Waals surface area contributed by atoms with Crippen LogP contribution in [0.4, 0.5) is 10.1 Å². The summed E-state index contributed by atoms with van der Waals surface area (Å²) in [6.45, 7) is 2.12. The second kappa shape index (κ2) is 6.77. The van der Waals surface area contributed by atoms with Crippen LogP contribution in [0.3, 0.4) is 0 Å². The maximum Gasteiger partial charge on any atom is 0.238 e. The molecular formula is C15H16FN3O. The van der Waals surface area contributed by atoms with Crippen molar-refractivity contribution in [2.45, 2.75) is 13.0 Å². The van der Waals surface area contributed by atoms with Crippen LogP contribution < -0.4 is 10.6 Å². The van der Waals surface area contributed by atoms with Gasteiger partial charge in [-0.2, -0.15) is 0 Å². The molecule has 1 amide bonds. The van der Waals surface area contributed by atoms with Gasteiger partial charge in [-0.15, -0.1) is 0 Å². The number of amides is 1. The molecule has 0 saturated carbocycles. The van der Waals surface area contributed by atoms with E-state index in [1.165, 1.54) is 12.1 Å². The third-order valence-corrected chi connectivity index (χ3v) is 2.88. The van der Waals surface area contributed by atoms with Gasteiger partial charge < -0.3 is 10.6 Å². The van der Waals surface area contributed by atoms with E-state index in [2.05, 4.69) is 15.6 Å². The number of carbonyl (C=O) groups is 1. The van der Waals surface area contributed by atoms with Crippen molar-refractivity contribution in [2.75, 3.05) is 11.9 Å². The lowest BCUT2D eigenvalue weighted by molar-refractivity contribution is -0.115. The van der Waals surface area contributed by atoms with Gasteiger partial charge in [0.25, 0.3) is 0 Å². The van der Waals surface area contributed by atoms with Crippen molar-refractivity contribution < 1.29 is 9.18 Å². The number of aromatic nitrogens is 1. The normalized spacial score (nSPS) is 11.9. The van der Waals surface area contributed by atoms with Crippen LogP contribution in [-0.4, -0.2) is 17.4 Å². The van der Waals surface area contributed by atoms with Gasteiger partial charge in [0, 0.05) is 24.1 Å². The molecule has 0 radical (unpaired) electrons. The van der Waals surface area contributed by atoms with Gasteiger partial charge in [0.05, 0.1) is 6.54 Å². The fourth-order valence-corrected chi connectivity index (χ4v) is 1.79. The average molecular weight is 273 g/mol. The Morgan fingerprint density at radius 1 is 1.30 bits per heavy atom. The summed E-state index contributed by atoms with van der Waals surface area (Å²) < 4.78 is 13.0. The van der Waals surface area contributed by atoms with Crippen LogP contribution in [0.1, 0.15) is 18.5 Å². The number of nitrogens with one attached hydrogen (secondary N) is 2. The van der Waals surface area contributed by atoms with Crippen LogP contribution >= 0.6 is 0 Å². The van der Waals surface area contributed by atoms with Crippen molar-refractivity contribution in [3.8, 4) is 0 Å². The Kier molecular flexibility index (Phi) is 4.79. The lowest BCUT2D eigenvalue weighted by atomic mass is 10.1. The van der Waals surface area contributed by atoms with Crippen molar-refractivity contribution in [3.05, 3.63) is 60.2 Å². The molecule has 1 aromatic heterocycles. The Morgan fingerprint density at radius 2 is 2.05 bits per heavy atom. The third-order valence-electron chi connectivity index (χ3n) is 2.88. The molecule has 104 valence electrons. The second-order valence-electron chi connectivity index (χ2n) is 4.44. The molecule has 0 bridgehead atoms. The summed E-state index contributed by atoms with van der Waals surface area (Å²) in [5.41, 5.74) is 1.51. The summed E-state index contributed by atoms with van der Waals surface area (Å²) in [6, 6.07) is 9.63. The van der Waals surface area contributed by atoms with E-state index in [0.29, 0.717) is 5.69 Å². The van der Waals surface area contributed by atoms with Crippen LogP contribution in [0.15, 0.2) is 48.8 Å². The monoisotopic (exact) mass is 273 g/mol. The van der Waals surface area contributed by atoms with E-state index in [0.717, 1.165) is 5.56 Å². The van der Waals surface area contributed by atoms with Crippen LogP contribution in [0.2, 0.25) is 0 Å². The minimum atomic E-state index is -0.374. The highest BCUT2D eigenvalue weighted by Gasteiger charge is 2.07. The Balaban J connectivity index is 1.83. The van der Waals surface area contributed by atoms with E-state index in [1.54, 1.807) is 24.5 Å². The Labute approximate surface area is 117 Å². The minimum absolute atomic E-state index is 0.0382. The van der Waals surface area contributed by atoms with E-state index in [1.807, 2.05) is 19.1 Å². The maximum atomic E-state index is 13.0. The molecular weight excluding hydrogens is 257 g/mol. The zero-order valence-electron chi connectivity index (χ0n) is 11.1. The van der Waals surface area contributed by atoms with Crippen molar-refractivity contribution in [2.24, 2.45) is 0 Å². The first-order valence-corrected chi connectivity index (χ1v) is 6.34. The van der Waals surface area contributed by atoms with Gasteiger partial charge in [-0.25, -0.2) is 4.39 Å². The summed E-state index contributed by atoms with van der Waals surface area (Å²) in [5, 5.41) is 5.74. The first kappa shape index (κ1) is 14.1. The molecule has 2 aromatic rings. The van der Waals surface area contributed by atoms with Crippen LogP contribution in [0.25, 0.3) is 0 Å². The molecule has 0 aliphatic carbocycles. The number of anilines is 1. The standard InChI is InChI=1S/C15H16FN3O/c1-11(12-5-7-17-8-6-12)18-10-15(20)19-14-4-2-3-13(16)9-14/h2-9,11,18H,10H2,1H3,(H,19,20). The van der Waals surface area contributed by atoms with Gasteiger partial charge in [0.15, 0.2) is 0 Å². The Bertz CT molecular complexity index is 574. The maximum absolute atomic E-state index is 13.0. The molecule has 0 aliphatic heterocycles. The van der Waals surface area contributed by atoms with Crippen LogP contribution in [0.5, 0.6) is 0 Å². The van der Waals surface area contributed by atoms with Crippen molar-refractivity contribution in [1.82, 2.24) is 10.3 Å². The fraction of sp³-hybridized carbons (Fsp3) is 0.200. The van der Waals surface area contributed by atoms with Gasteiger partial charge in [-0.05, 0) is 42.8 Å². The molecule has 2 N–H and O–H groups in total. The highest BCUT2D eigenvalue weighted by molar-refractivity contribution is 5.92. The Morgan fingerprint density at radius 3 is 2.75 bits per heavy atom. The molecule has 4 nitrogen and oxygen atoms in total. The van der Waals surface area contributed by atoms with E-state index in [9.17, 15) is 9.18 Å². The first-order chi connectivity index (χ1) is 9.65. The second-order valence-corrected chi connectivity index (χ2v) is 4.44. The number of pyridine rings is 1. The van der Waals surface area contributed by atoms with Crippen molar-refractivity contribution in [1.29, 1.82) is 0 Å². The lowest BCUT2D eigenvalue weighted by Gasteiger charge is -2.13. The predicted octanol–water partition coefficient (Wildman–Crippen LogP) is 2.51. The molecule has 2 rings (SSSR count). The van der Waals surface area contributed by atoms with Gasteiger partial charge in [-0.3, -0.25) is 9.78 Å². The van der Waals surface area contributed by atoms with Gasteiger partial charge in [-0.1, -0.05) is 6.07 Å². The molecule has 20 heavy (non-hydrogen) atoms. The smallest absolute Gasteiger partial charge is 0.238 e. The highest BCUT2D eigenvalue weighted by atomic mass is 19.1. The minimum Gasteiger partial charge on any atom is -0.325 e. The molecule has 1 heterocycles. The molecule has 0 spiro atoms. The average Bonchev–Trinajstić information content (AvgIpc) is 2.46. The van der Waals surface area contributed by atoms with Crippen LogP contribution in [0, 0.1) is 5.82 Å². The molecule has 1 unspecified atom stereocenters. The summed E-state index contributed by atoms with van der Waals surface area (Å²) >= 11 is 0. The number of rotatable bonds is 5. The number of benzene rings is 1. The zero-order valence-corrected chi connectivity index (χ0v) is 11.1. The molecule has 0 aliphatic rings. The third kappa shape index (κ3) is 4.13. The van der Waals surface area contributed by atoms with Gasteiger partial charge in [0.2, 0.25) is 5.91 Å². The predicted molar refractivity (Wildman–Crippen MR) is 75.7 cm³/mol. The first-order valence-electron chi connectivity index (χ1n) is 6.34. The van der Waals surface area contributed by atoms with E-state index in [-0.39, 0.29) is 24.3 Å². The van der Waals surface area contributed by atoms with E-state index in [4.69, 9.17) is 0 Å². The van der Waals surface area contributed by atoms with Gasteiger partial charge in [0.1, 0.15) is 5.82 Å².